The van der Waals surface area contributed by atoms with Gasteiger partial charge in [0.25, 0.3) is 0 Å². The van der Waals surface area contributed by atoms with Gasteiger partial charge < -0.3 is 9.30 Å². The Morgan fingerprint density at radius 1 is 0.900 bits per heavy atom. The predicted octanol–water partition coefficient (Wildman–Crippen LogP) is 6.32. The van der Waals surface area contributed by atoms with Gasteiger partial charge in [0.2, 0.25) is 0 Å². The highest BCUT2D eigenvalue weighted by Gasteiger charge is 2.19. The van der Waals surface area contributed by atoms with Crippen LogP contribution in [0, 0.1) is 20.8 Å². The molecule has 0 bridgehead atoms. The zero-order valence-electron chi connectivity index (χ0n) is 18.1. The van der Waals surface area contributed by atoms with Crippen molar-refractivity contribution in [1.82, 2.24) is 9.55 Å². The average molecular weight is 397 g/mol. The van der Waals surface area contributed by atoms with Gasteiger partial charge >= 0.3 is 0 Å². The predicted molar refractivity (Wildman–Crippen MR) is 122 cm³/mol. The van der Waals surface area contributed by atoms with Gasteiger partial charge in [-0.1, -0.05) is 71.8 Å². The summed E-state index contributed by atoms with van der Waals surface area (Å²) in [6, 6.07) is 23.7. The highest BCUT2D eigenvalue weighted by molar-refractivity contribution is 5.67. The Balaban J connectivity index is 1.69. The van der Waals surface area contributed by atoms with Gasteiger partial charge in [-0.3, -0.25) is 0 Å². The van der Waals surface area contributed by atoms with Crippen LogP contribution < -0.4 is 0 Å². The molecule has 152 valence electrons. The second kappa shape index (κ2) is 8.68. The van der Waals surface area contributed by atoms with E-state index in [1.165, 1.54) is 33.4 Å². The van der Waals surface area contributed by atoms with Crippen LogP contribution in [0.2, 0.25) is 0 Å². The fourth-order valence-corrected chi connectivity index (χ4v) is 4.07. The lowest BCUT2D eigenvalue weighted by Crippen LogP contribution is -2.11. The SMILES string of the molecule is Cc1cc(C)cc(COC(c2cccc(-c3ccccc3C)c2)c2cncn2C)c1. The van der Waals surface area contributed by atoms with Crippen molar-refractivity contribution in [3.05, 3.63) is 113 Å². The number of imidazole rings is 1. The minimum absolute atomic E-state index is 0.192. The van der Waals surface area contributed by atoms with Gasteiger partial charge in [-0.05, 0) is 54.7 Å². The number of nitrogens with zero attached hydrogens (tertiary/aromatic N) is 2. The van der Waals surface area contributed by atoms with Gasteiger partial charge in [-0.25, -0.2) is 4.98 Å². The van der Waals surface area contributed by atoms with Gasteiger partial charge in [0.05, 0.1) is 24.8 Å². The number of benzene rings is 3. The number of hydrogen-bond donors (Lipinski definition) is 0. The van der Waals surface area contributed by atoms with E-state index in [0.29, 0.717) is 6.61 Å². The van der Waals surface area contributed by atoms with Crippen molar-refractivity contribution >= 4 is 0 Å². The third-order valence-corrected chi connectivity index (χ3v) is 5.47. The van der Waals surface area contributed by atoms with E-state index in [9.17, 15) is 0 Å². The molecule has 3 nitrogen and oxygen atoms in total. The van der Waals surface area contributed by atoms with Crippen molar-refractivity contribution in [2.75, 3.05) is 0 Å². The van der Waals surface area contributed by atoms with Crippen LogP contribution in [0.25, 0.3) is 11.1 Å². The van der Waals surface area contributed by atoms with E-state index in [2.05, 4.69) is 92.5 Å². The standard InChI is InChI=1S/C27H28N2O/c1-19-12-20(2)14-22(13-19)17-30-27(26-16-28-18-29(26)4)24-10-7-9-23(15-24)25-11-6-5-8-21(25)3/h5-16,18,27H,17H2,1-4H3. The van der Waals surface area contributed by atoms with Gasteiger partial charge in [-0.2, -0.15) is 0 Å². The van der Waals surface area contributed by atoms with Crippen LogP contribution >= 0.6 is 0 Å². The van der Waals surface area contributed by atoms with Crippen LogP contribution in [-0.2, 0) is 18.4 Å². The highest BCUT2D eigenvalue weighted by Crippen LogP contribution is 2.31. The van der Waals surface area contributed by atoms with Gasteiger partial charge in [-0.15, -0.1) is 0 Å². The molecule has 1 atom stereocenters. The van der Waals surface area contributed by atoms with Crippen LogP contribution in [0.4, 0.5) is 0 Å². The molecular weight excluding hydrogens is 368 g/mol. The molecule has 0 saturated heterocycles. The number of aryl methyl sites for hydroxylation is 4. The second-order valence-electron chi connectivity index (χ2n) is 8.06. The van der Waals surface area contributed by atoms with Crippen LogP contribution in [0.5, 0.6) is 0 Å². The van der Waals surface area contributed by atoms with Crippen LogP contribution in [0.15, 0.2) is 79.3 Å². The molecule has 0 spiro atoms. The summed E-state index contributed by atoms with van der Waals surface area (Å²) in [6.07, 6.45) is 3.53. The Kier molecular flexibility index (Phi) is 5.82. The van der Waals surface area contributed by atoms with E-state index in [-0.39, 0.29) is 6.10 Å². The molecule has 0 aliphatic heterocycles. The largest absolute Gasteiger partial charge is 0.363 e. The van der Waals surface area contributed by atoms with E-state index in [1.54, 1.807) is 0 Å². The number of aromatic nitrogens is 2. The summed E-state index contributed by atoms with van der Waals surface area (Å²) in [5.74, 6) is 0. The van der Waals surface area contributed by atoms with Crippen molar-refractivity contribution < 1.29 is 4.74 Å². The normalized spacial score (nSPS) is 12.1. The molecule has 0 amide bonds. The molecule has 1 heterocycles. The molecule has 0 fully saturated rings. The van der Waals surface area contributed by atoms with Gasteiger partial charge in [0.15, 0.2) is 0 Å². The zero-order valence-corrected chi connectivity index (χ0v) is 18.1. The highest BCUT2D eigenvalue weighted by atomic mass is 16.5. The molecule has 30 heavy (non-hydrogen) atoms. The quantitative estimate of drug-likeness (QED) is 0.381. The summed E-state index contributed by atoms with van der Waals surface area (Å²) < 4.78 is 8.54. The molecule has 0 radical (unpaired) electrons. The molecule has 0 aliphatic rings. The molecule has 1 aromatic heterocycles. The van der Waals surface area contributed by atoms with Crippen molar-refractivity contribution in [1.29, 1.82) is 0 Å². The van der Waals surface area contributed by atoms with Crippen molar-refractivity contribution in [3.8, 4) is 11.1 Å². The van der Waals surface area contributed by atoms with E-state index >= 15 is 0 Å². The maximum atomic E-state index is 6.51. The molecule has 0 aliphatic carbocycles. The van der Waals surface area contributed by atoms with Crippen molar-refractivity contribution in [2.45, 2.75) is 33.5 Å². The molecule has 1 unspecified atom stereocenters. The van der Waals surface area contributed by atoms with Gasteiger partial charge in [0, 0.05) is 7.05 Å². The van der Waals surface area contributed by atoms with E-state index < -0.39 is 0 Å². The summed E-state index contributed by atoms with van der Waals surface area (Å²) in [5.41, 5.74) is 9.59. The Labute approximate surface area is 179 Å². The lowest BCUT2D eigenvalue weighted by atomic mass is 9.96. The zero-order chi connectivity index (χ0) is 21.1. The minimum atomic E-state index is -0.192. The fourth-order valence-electron chi connectivity index (χ4n) is 4.07. The first-order chi connectivity index (χ1) is 14.5. The van der Waals surface area contributed by atoms with E-state index in [0.717, 1.165) is 11.3 Å². The molecule has 0 N–H and O–H groups in total. The monoisotopic (exact) mass is 396 g/mol. The Hall–Kier alpha value is -3.17. The Morgan fingerprint density at radius 3 is 2.37 bits per heavy atom. The van der Waals surface area contributed by atoms with E-state index in [4.69, 9.17) is 4.74 Å². The third kappa shape index (κ3) is 4.37. The second-order valence-corrected chi connectivity index (χ2v) is 8.06. The van der Waals surface area contributed by atoms with E-state index in [1.807, 2.05) is 24.1 Å². The Bertz CT molecular complexity index is 1140. The lowest BCUT2D eigenvalue weighted by molar-refractivity contribution is 0.0622. The first-order valence-electron chi connectivity index (χ1n) is 10.3. The summed E-state index contributed by atoms with van der Waals surface area (Å²) in [7, 11) is 2.01. The maximum Gasteiger partial charge on any atom is 0.124 e. The van der Waals surface area contributed by atoms with Crippen LogP contribution in [0.3, 0.4) is 0 Å². The average Bonchev–Trinajstić information content (AvgIpc) is 3.14. The molecule has 3 heteroatoms. The number of ether oxygens (including phenoxy) is 1. The smallest absolute Gasteiger partial charge is 0.124 e. The van der Waals surface area contributed by atoms with Crippen molar-refractivity contribution in [2.24, 2.45) is 7.05 Å². The first-order valence-corrected chi connectivity index (χ1v) is 10.3. The number of hydrogen-bond acceptors (Lipinski definition) is 2. The van der Waals surface area contributed by atoms with Crippen LogP contribution in [-0.4, -0.2) is 9.55 Å². The number of rotatable bonds is 6. The van der Waals surface area contributed by atoms with Crippen LogP contribution in [0.1, 0.15) is 39.6 Å². The molecule has 4 aromatic rings. The first kappa shape index (κ1) is 20.1. The molecule has 0 saturated carbocycles. The minimum Gasteiger partial charge on any atom is -0.363 e. The molecular formula is C27H28N2O. The Morgan fingerprint density at radius 2 is 1.67 bits per heavy atom. The summed E-state index contributed by atoms with van der Waals surface area (Å²) in [5, 5.41) is 0. The fraction of sp³-hybridized carbons (Fsp3) is 0.222. The van der Waals surface area contributed by atoms with Gasteiger partial charge in [0.1, 0.15) is 6.10 Å². The summed E-state index contributed by atoms with van der Waals surface area (Å²) in [6.45, 7) is 6.95. The summed E-state index contributed by atoms with van der Waals surface area (Å²) >= 11 is 0. The topological polar surface area (TPSA) is 27.1 Å². The maximum absolute atomic E-state index is 6.51. The molecule has 3 aromatic carbocycles. The molecule has 4 rings (SSSR count). The lowest BCUT2D eigenvalue weighted by Gasteiger charge is -2.20. The summed E-state index contributed by atoms with van der Waals surface area (Å²) in [4.78, 5) is 4.33. The van der Waals surface area contributed by atoms with Crippen molar-refractivity contribution in [3.63, 3.8) is 0 Å². The third-order valence-electron chi connectivity index (χ3n) is 5.47.